The molecular weight excluding hydrogens is 305 g/mol. The van der Waals surface area contributed by atoms with E-state index in [2.05, 4.69) is 5.32 Å². The van der Waals surface area contributed by atoms with E-state index in [4.69, 9.17) is 16.3 Å². The van der Waals surface area contributed by atoms with Crippen LogP contribution in [0.25, 0.3) is 0 Å². The molecule has 0 fully saturated rings. The van der Waals surface area contributed by atoms with Gasteiger partial charge in [-0.25, -0.2) is 4.39 Å². The Hall–Kier alpha value is -2.07. The molecule has 116 valence electrons. The number of halogens is 2. The molecule has 2 aromatic rings. The van der Waals surface area contributed by atoms with Crippen molar-refractivity contribution in [2.24, 2.45) is 0 Å². The van der Waals surface area contributed by atoms with Gasteiger partial charge in [-0.05, 0) is 55.3 Å². The van der Waals surface area contributed by atoms with E-state index >= 15 is 0 Å². The minimum absolute atomic E-state index is 0.237. The monoisotopic (exact) mass is 321 g/mol. The van der Waals surface area contributed by atoms with Crippen LogP contribution in [0.4, 0.5) is 4.39 Å². The van der Waals surface area contributed by atoms with E-state index in [1.807, 2.05) is 6.92 Å². The Bertz CT molecular complexity index is 658. The van der Waals surface area contributed by atoms with Crippen molar-refractivity contribution in [1.29, 1.82) is 0 Å². The van der Waals surface area contributed by atoms with E-state index in [9.17, 15) is 9.18 Å². The highest BCUT2D eigenvalue weighted by Crippen LogP contribution is 2.22. The number of hydrogen-bond donors (Lipinski definition) is 1. The fraction of sp³-hybridized carbons (Fsp3) is 0.235. The SMILES string of the molecule is Cc1cc(Cl)ccc1O[C@H](C)C(=O)NCc1ccc(F)cc1. The summed E-state index contributed by atoms with van der Waals surface area (Å²) >= 11 is 5.88. The minimum Gasteiger partial charge on any atom is -0.481 e. The molecule has 0 radical (unpaired) electrons. The second-order valence-electron chi connectivity index (χ2n) is 5.01. The molecule has 0 aliphatic heterocycles. The normalized spacial score (nSPS) is 11.8. The summed E-state index contributed by atoms with van der Waals surface area (Å²) in [7, 11) is 0. The number of amides is 1. The van der Waals surface area contributed by atoms with E-state index in [-0.39, 0.29) is 11.7 Å². The standard InChI is InChI=1S/C17H17ClFNO2/c1-11-9-14(18)5-8-16(11)22-12(2)17(21)20-10-13-3-6-15(19)7-4-13/h3-9,12H,10H2,1-2H3,(H,20,21)/t12-/m1/s1. The third-order valence-electron chi connectivity index (χ3n) is 3.19. The molecule has 2 rings (SSSR count). The number of carbonyl (C=O) groups excluding carboxylic acids is 1. The highest BCUT2D eigenvalue weighted by molar-refractivity contribution is 6.30. The molecule has 0 heterocycles. The molecule has 0 unspecified atom stereocenters. The van der Waals surface area contributed by atoms with Crippen molar-refractivity contribution >= 4 is 17.5 Å². The molecule has 0 spiro atoms. The van der Waals surface area contributed by atoms with Crippen molar-refractivity contribution in [3.63, 3.8) is 0 Å². The molecule has 22 heavy (non-hydrogen) atoms. The van der Waals surface area contributed by atoms with E-state index in [0.717, 1.165) is 11.1 Å². The largest absolute Gasteiger partial charge is 0.481 e. The Labute approximate surface area is 134 Å². The van der Waals surface area contributed by atoms with Gasteiger partial charge in [0.2, 0.25) is 0 Å². The molecule has 0 aliphatic carbocycles. The summed E-state index contributed by atoms with van der Waals surface area (Å²) in [5.74, 6) is 0.0810. The van der Waals surface area contributed by atoms with Crippen LogP contribution < -0.4 is 10.1 Å². The first-order chi connectivity index (χ1) is 10.5. The highest BCUT2D eigenvalue weighted by atomic mass is 35.5. The molecule has 1 amide bonds. The highest BCUT2D eigenvalue weighted by Gasteiger charge is 2.15. The van der Waals surface area contributed by atoms with Crippen LogP contribution >= 0.6 is 11.6 Å². The van der Waals surface area contributed by atoms with Gasteiger partial charge in [0, 0.05) is 11.6 Å². The predicted molar refractivity (Wildman–Crippen MR) is 84.5 cm³/mol. The zero-order chi connectivity index (χ0) is 16.1. The van der Waals surface area contributed by atoms with Crippen LogP contribution in [-0.2, 0) is 11.3 Å². The molecule has 3 nitrogen and oxygen atoms in total. The zero-order valence-corrected chi connectivity index (χ0v) is 13.2. The lowest BCUT2D eigenvalue weighted by atomic mass is 10.2. The number of nitrogens with one attached hydrogen (secondary N) is 1. The van der Waals surface area contributed by atoms with Crippen LogP contribution in [-0.4, -0.2) is 12.0 Å². The molecule has 2 aromatic carbocycles. The smallest absolute Gasteiger partial charge is 0.261 e. The van der Waals surface area contributed by atoms with Crippen LogP contribution in [0.3, 0.4) is 0 Å². The Balaban J connectivity index is 1.90. The third kappa shape index (κ3) is 4.46. The van der Waals surface area contributed by atoms with Crippen molar-refractivity contribution in [2.45, 2.75) is 26.5 Å². The van der Waals surface area contributed by atoms with Gasteiger partial charge < -0.3 is 10.1 Å². The van der Waals surface area contributed by atoms with Gasteiger partial charge >= 0.3 is 0 Å². The molecular formula is C17H17ClFNO2. The second-order valence-corrected chi connectivity index (χ2v) is 5.45. The maximum atomic E-state index is 12.8. The van der Waals surface area contributed by atoms with E-state index < -0.39 is 6.10 Å². The van der Waals surface area contributed by atoms with Crippen molar-refractivity contribution in [2.75, 3.05) is 0 Å². The van der Waals surface area contributed by atoms with Crippen LogP contribution in [0.5, 0.6) is 5.75 Å². The topological polar surface area (TPSA) is 38.3 Å². The number of aryl methyl sites for hydroxylation is 1. The summed E-state index contributed by atoms with van der Waals surface area (Å²) in [6.07, 6.45) is -0.639. The fourth-order valence-corrected chi connectivity index (χ4v) is 2.15. The fourth-order valence-electron chi connectivity index (χ4n) is 1.92. The molecule has 0 bridgehead atoms. The first kappa shape index (κ1) is 16.3. The van der Waals surface area contributed by atoms with Crippen LogP contribution in [0, 0.1) is 12.7 Å². The van der Waals surface area contributed by atoms with Gasteiger partial charge in [0.25, 0.3) is 5.91 Å². The Morgan fingerprint density at radius 3 is 2.59 bits per heavy atom. The van der Waals surface area contributed by atoms with E-state index in [1.54, 1.807) is 37.3 Å². The van der Waals surface area contributed by atoms with Crippen LogP contribution in [0.1, 0.15) is 18.1 Å². The molecule has 0 aliphatic rings. The molecule has 0 aromatic heterocycles. The van der Waals surface area contributed by atoms with E-state index in [1.165, 1.54) is 12.1 Å². The quantitative estimate of drug-likeness (QED) is 0.907. The van der Waals surface area contributed by atoms with Crippen molar-refractivity contribution in [1.82, 2.24) is 5.32 Å². The maximum Gasteiger partial charge on any atom is 0.261 e. The van der Waals surface area contributed by atoms with E-state index in [0.29, 0.717) is 17.3 Å². The van der Waals surface area contributed by atoms with Crippen LogP contribution in [0.2, 0.25) is 5.02 Å². The lowest BCUT2D eigenvalue weighted by Gasteiger charge is -2.16. The maximum absolute atomic E-state index is 12.8. The number of ether oxygens (including phenoxy) is 1. The number of benzene rings is 2. The minimum atomic E-state index is -0.639. The van der Waals surface area contributed by atoms with Gasteiger partial charge in [-0.3, -0.25) is 4.79 Å². The van der Waals surface area contributed by atoms with Crippen molar-refractivity contribution in [3.05, 3.63) is 64.4 Å². The third-order valence-corrected chi connectivity index (χ3v) is 3.43. The molecule has 5 heteroatoms. The van der Waals surface area contributed by atoms with Crippen LogP contribution in [0.15, 0.2) is 42.5 Å². The molecule has 0 saturated carbocycles. The number of rotatable bonds is 5. The first-order valence-corrected chi connectivity index (χ1v) is 7.28. The number of carbonyl (C=O) groups is 1. The first-order valence-electron chi connectivity index (χ1n) is 6.90. The van der Waals surface area contributed by atoms with Gasteiger partial charge in [-0.1, -0.05) is 23.7 Å². The lowest BCUT2D eigenvalue weighted by molar-refractivity contribution is -0.127. The number of hydrogen-bond acceptors (Lipinski definition) is 2. The van der Waals surface area contributed by atoms with Gasteiger partial charge in [0.15, 0.2) is 6.10 Å². The summed E-state index contributed by atoms with van der Waals surface area (Å²) in [5, 5.41) is 3.38. The average molecular weight is 322 g/mol. The molecule has 0 saturated heterocycles. The van der Waals surface area contributed by atoms with Gasteiger partial charge in [0.05, 0.1) is 0 Å². The lowest BCUT2D eigenvalue weighted by Crippen LogP contribution is -2.36. The molecule has 1 N–H and O–H groups in total. The Kier molecular flexibility index (Phi) is 5.39. The summed E-state index contributed by atoms with van der Waals surface area (Å²) in [5.41, 5.74) is 1.69. The van der Waals surface area contributed by atoms with Gasteiger partial charge in [-0.15, -0.1) is 0 Å². The molecule has 1 atom stereocenters. The Morgan fingerprint density at radius 2 is 1.95 bits per heavy atom. The second kappa shape index (κ2) is 7.27. The Morgan fingerprint density at radius 1 is 1.27 bits per heavy atom. The summed E-state index contributed by atoms with van der Waals surface area (Å²) in [6.45, 7) is 3.87. The summed E-state index contributed by atoms with van der Waals surface area (Å²) in [6, 6.07) is 11.2. The van der Waals surface area contributed by atoms with Crippen molar-refractivity contribution in [3.8, 4) is 5.75 Å². The predicted octanol–water partition coefficient (Wildman–Crippen LogP) is 3.87. The summed E-state index contributed by atoms with van der Waals surface area (Å²) in [4.78, 5) is 12.0. The zero-order valence-electron chi connectivity index (χ0n) is 12.4. The summed E-state index contributed by atoms with van der Waals surface area (Å²) < 4.78 is 18.4. The van der Waals surface area contributed by atoms with Gasteiger partial charge in [0.1, 0.15) is 11.6 Å². The van der Waals surface area contributed by atoms with Gasteiger partial charge in [-0.2, -0.15) is 0 Å². The average Bonchev–Trinajstić information content (AvgIpc) is 2.49. The van der Waals surface area contributed by atoms with Crippen molar-refractivity contribution < 1.29 is 13.9 Å².